The first kappa shape index (κ1) is 26.0. The molecular formula is C30H28FN5O4. The Balaban J connectivity index is 1.09. The van der Waals surface area contributed by atoms with Crippen molar-refractivity contribution in [2.75, 3.05) is 11.9 Å². The van der Waals surface area contributed by atoms with Crippen LogP contribution in [0.25, 0.3) is 22.3 Å². The fourth-order valence-electron chi connectivity index (χ4n) is 4.81. The van der Waals surface area contributed by atoms with Crippen LogP contribution in [-0.2, 0) is 22.6 Å². The van der Waals surface area contributed by atoms with Gasteiger partial charge in [-0.05, 0) is 34.4 Å². The Hall–Kier alpha value is -4.22. The van der Waals surface area contributed by atoms with E-state index in [1.807, 2.05) is 42.5 Å². The maximum atomic E-state index is 13.5. The van der Waals surface area contributed by atoms with E-state index in [1.165, 1.54) is 24.8 Å². The lowest BCUT2D eigenvalue weighted by molar-refractivity contribution is -0.0682. The van der Waals surface area contributed by atoms with Gasteiger partial charge >= 0.3 is 0 Å². The van der Waals surface area contributed by atoms with E-state index in [1.54, 1.807) is 16.7 Å². The van der Waals surface area contributed by atoms with Gasteiger partial charge in [0.25, 0.3) is 0 Å². The van der Waals surface area contributed by atoms with Crippen LogP contribution >= 0.6 is 0 Å². The molecule has 0 bridgehead atoms. The molecule has 204 valence electrons. The van der Waals surface area contributed by atoms with Gasteiger partial charge in [-0.3, -0.25) is 4.57 Å². The van der Waals surface area contributed by atoms with Crippen molar-refractivity contribution in [1.29, 1.82) is 0 Å². The van der Waals surface area contributed by atoms with Gasteiger partial charge in [0.1, 0.15) is 30.5 Å². The topological polar surface area (TPSA) is 115 Å². The van der Waals surface area contributed by atoms with E-state index >= 15 is 0 Å². The molecule has 0 radical (unpaired) electrons. The third kappa shape index (κ3) is 5.43. The maximum Gasteiger partial charge on any atom is 0.167 e. The number of fused-ring (bicyclic) bond motifs is 1. The van der Waals surface area contributed by atoms with E-state index in [0.717, 1.165) is 22.3 Å². The van der Waals surface area contributed by atoms with Gasteiger partial charge in [0, 0.05) is 6.54 Å². The van der Waals surface area contributed by atoms with E-state index in [-0.39, 0.29) is 12.4 Å². The highest BCUT2D eigenvalue weighted by atomic mass is 19.1. The Kier molecular flexibility index (Phi) is 7.47. The third-order valence-electron chi connectivity index (χ3n) is 6.93. The summed E-state index contributed by atoms with van der Waals surface area (Å²) < 4.78 is 26.9. The molecular weight excluding hydrogens is 513 g/mol. The van der Waals surface area contributed by atoms with Gasteiger partial charge in [-0.2, -0.15) is 0 Å². The van der Waals surface area contributed by atoms with Gasteiger partial charge in [-0.15, -0.1) is 0 Å². The maximum absolute atomic E-state index is 13.5. The van der Waals surface area contributed by atoms with Crippen molar-refractivity contribution >= 4 is 17.0 Å². The SMILES string of the molecule is O[C@@H]1[C@H](O)[C@@H](COCc2ccc(-c3ccccc3)cc2)O[C@H]1n1cnc2c(NCc3cccc(F)c3)ncnc21. The van der Waals surface area contributed by atoms with Gasteiger partial charge in [0.2, 0.25) is 0 Å². The summed E-state index contributed by atoms with van der Waals surface area (Å²) in [6.45, 7) is 0.771. The van der Waals surface area contributed by atoms with Crippen LogP contribution in [-0.4, -0.2) is 54.7 Å². The standard InChI is InChI=1S/C30H28FN5O4/c31-23-8-4-5-20(13-23)14-32-28-25-29(34-17-33-28)36(18-35-25)30-27(38)26(37)24(40-30)16-39-15-19-9-11-22(12-10-19)21-6-2-1-3-7-21/h1-13,17-18,24,26-27,30,37-38H,14-16H2,(H,32,33,34)/t24-,26-,27-,30-/m1/s1. The van der Waals surface area contributed by atoms with Gasteiger partial charge in [-0.25, -0.2) is 19.3 Å². The fraction of sp³-hybridized carbons (Fsp3) is 0.233. The summed E-state index contributed by atoms with van der Waals surface area (Å²) in [5.74, 6) is 0.140. The monoisotopic (exact) mass is 541 g/mol. The molecule has 3 N–H and O–H groups in total. The van der Waals surface area contributed by atoms with Crippen molar-refractivity contribution in [3.8, 4) is 11.1 Å². The Morgan fingerprint density at radius 3 is 2.48 bits per heavy atom. The number of hydrogen-bond donors (Lipinski definition) is 3. The summed E-state index contributed by atoms with van der Waals surface area (Å²) in [5, 5.41) is 24.6. The molecule has 3 aromatic carbocycles. The van der Waals surface area contributed by atoms with Crippen molar-refractivity contribution in [3.63, 3.8) is 0 Å². The van der Waals surface area contributed by atoms with E-state index in [0.29, 0.717) is 30.1 Å². The molecule has 1 saturated heterocycles. The minimum Gasteiger partial charge on any atom is -0.387 e. The lowest BCUT2D eigenvalue weighted by Crippen LogP contribution is -2.33. The number of aliphatic hydroxyl groups is 2. The molecule has 1 aliphatic heterocycles. The van der Waals surface area contributed by atoms with Crippen molar-refractivity contribution in [2.24, 2.45) is 0 Å². The molecule has 1 aliphatic rings. The molecule has 10 heteroatoms. The second-order valence-corrected chi connectivity index (χ2v) is 9.65. The van der Waals surface area contributed by atoms with Crippen molar-refractivity contribution in [1.82, 2.24) is 19.5 Å². The molecule has 9 nitrogen and oxygen atoms in total. The van der Waals surface area contributed by atoms with Crippen LogP contribution in [0.4, 0.5) is 10.2 Å². The third-order valence-corrected chi connectivity index (χ3v) is 6.93. The number of nitrogens with one attached hydrogen (secondary N) is 1. The number of ether oxygens (including phenoxy) is 2. The quantitative estimate of drug-likeness (QED) is 0.256. The summed E-state index contributed by atoms with van der Waals surface area (Å²) >= 11 is 0. The summed E-state index contributed by atoms with van der Waals surface area (Å²) in [7, 11) is 0. The van der Waals surface area contributed by atoms with Crippen LogP contribution in [0, 0.1) is 5.82 Å². The van der Waals surface area contributed by atoms with Gasteiger partial charge in [0.05, 0.1) is 19.5 Å². The summed E-state index contributed by atoms with van der Waals surface area (Å²) in [6.07, 6.45) is -1.16. The van der Waals surface area contributed by atoms with Crippen LogP contribution in [0.5, 0.6) is 0 Å². The Morgan fingerprint density at radius 1 is 0.875 bits per heavy atom. The first-order valence-corrected chi connectivity index (χ1v) is 13.0. The number of hydrogen-bond acceptors (Lipinski definition) is 8. The largest absolute Gasteiger partial charge is 0.387 e. The number of nitrogens with zero attached hydrogens (tertiary/aromatic N) is 4. The van der Waals surface area contributed by atoms with Crippen LogP contribution in [0.15, 0.2) is 91.5 Å². The highest BCUT2D eigenvalue weighted by molar-refractivity contribution is 5.82. The smallest absolute Gasteiger partial charge is 0.167 e. The van der Waals surface area contributed by atoms with E-state index < -0.39 is 24.5 Å². The van der Waals surface area contributed by atoms with Gasteiger partial charge in [-0.1, -0.05) is 66.7 Å². The number of rotatable bonds is 9. The summed E-state index contributed by atoms with van der Waals surface area (Å²) in [5.41, 5.74) is 4.88. The molecule has 5 aromatic rings. The second-order valence-electron chi connectivity index (χ2n) is 9.65. The fourth-order valence-corrected chi connectivity index (χ4v) is 4.81. The Bertz CT molecular complexity index is 1580. The van der Waals surface area contributed by atoms with Crippen LogP contribution in [0.3, 0.4) is 0 Å². The molecule has 2 aromatic heterocycles. The second kappa shape index (κ2) is 11.5. The zero-order valence-electron chi connectivity index (χ0n) is 21.5. The average Bonchev–Trinajstić information content (AvgIpc) is 3.54. The predicted octanol–water partition coefficient (Wildman–Crippen LogP) is 4.08. The Labute approximate surface area is 229 Å². The minimum atomic E-state index is -1.21. The van der Waals surface area contributed by atoms with Gasteiger partial charge < -0.3 is 25.0 Å². The van der Waals surface area contributed by atoms with E-state index in [2.05, 4.69) is 32.4 Å². The zero-order chi connectivity index (χ0) is 27.5. The van der Waals surface area contributed by atoms with Crippen molar-refractivity contribution in [2.45, 2.75) is 37.7 Å². The lowest BCUT2D eigenvalue weighted by Gasteiger charge is -2.16. The minimum absolute atomic E-state index is 0.0945. The van der Waals surface area contributed by atoms with Crippen molar-refractivity contribution in [3.05, 3.63) is 108 Å². The number of imidazole rings is 1. The molecule has 3 heterocycles. The Morgan fingerprint density at radius 2 is 1.68 bits per heavy atom. The van der Waals surface area contributed by atoms with Crippen molar-refractivity contribution < 1.29 is 24.1 Å². The number of halogens is 1. The number of anilines is 1. The highest BCUT2D eigenvalue weighted by Crippen LogP contribution is 2.32. The molecule has 0 spiro atoms. The van der Waals surface area contributed by atoms with Crippen LogP contribution < -0.4 is 5.32 Å². The average molecular weight is 542 g/mol. The lowest BCUT2D eigenvalue weighted by atomic mass is 10.0. The molecule has 4 atom stereocenters. The normalized spacial score (nSPS) is 20.7. The molecule has 0 amide bonds. The number of aromatic nitrogens is 4. The molecule has 40 heavy (non-hydrogen) atoms. The van der Waals surface area contributed by atoms with E-state index in [9.17, 15) is 14.6 Å². The number of aliphatic hydroxyl groups excluding tert-OH is 2. The molecule has 0 saturated carbocycles. The molecule has 0 aliphatic carbocycles. The number of benzene rings is 3. The summed E-state index contributed by atoms with van der Waals surface area (Å²) in [4.78, 5) is 13.0. The van der Waals surface area contributed by atoms with Crippen LogP contribution in [0.1, 0.15) is 17.4 Å². The zero-order valence-corrected chi connectivity index (χ0v) is 21.5. The first-order chi connectivity index (χ1) is 19.6. The first-order valence-electron chi connectivity index (χ1n) is 13.0. The molecule has 6 rings (SSSR count). The van der Waals surface area contributed by atoms with Crippen LogP contribution in [0.2, 0.25) is 0 Å². The molecule has 0 unspecified atom stereocenters. The van der Waals surface area contributed by atoms with Gasteiger partial charge in [0.15, 0.2) is 23.2 Å². The molecule has 1 fully saturated rings. The highest BCUT2D eigenvalue weighted by Gasteiger charge is 2.44. The predicted molar refractivity (Wildman–Crippen MR) is 147 cm³/mol. The van der Waals surface area contributed by atoms with E-state index in [4.69, 9.17) is 9.47 Å². The summed E-state index contributed by atoms with van der Waals surface area (Å²) in [6, 6.07) is 24.5.